The van der Waals surface area contributed by atoms with E-state index in [0.717, 1.165) is 11.3 Å². The quantitative estimate of drug-likeness (QED) is 0.766. The van der Waals surface area contributed by atoms with Crippen LogP contribution in [0.4, 0.5) is 11.4 Å². The Kier molecular flexibility index (Phi) is 4.18. The van der Waals surface area contributed by atoms with Gasteiger partial charge in [0.15, 0.2) is 9.84 Å². The lowest BCUT2D eigenvalue weighted by atomic mass is 10.2. The smallest absolute Gasteiger partial charge is 0.151 e. The molecule has 0 bridgehead atoms. The molecule has 0 saturated heterocycles. The van der Waals surface area contributed by atoms with Gasteiger partial charge in [0.05, 0.1) is 5.75 Å². The van der Waals surface area contributed by atoms with Crippen LogP contribution in [-0.4, -0.2) is 26.5 Å². The Morgan fingerprint density at radius 2 is 2.06 bits per heavy atom. The standard InChI is InChI=1S/C11H18N2O2S/c1-3-16(14,15)7-6-13-11-5-4-10(12)8-9(11)2/h4-5,8,13H,3,6-7,12H2,1-2H3. The first kappa shape index (κ1) is 12.8. The van der Waals surface area contributed by atoms with E-state index in [4.69, 9.17) is 5.73 Å². The molecule has 16 heavy (non-hydrogen) atoms. The molecule has 0 spiro atoms. The van der Waals surface area contributed by atoms with Gasteiger partial charge in [0, 0.05) is 23.7 Å². The molecule has 5 heteroatoms. The Morgan fingerprint density at radius 3 is 2.62 bits per heavy atom. The molecule has 0 heterocycles. The van der Waals surface area contributed by atoms with Crippen molar-refractivity contribution in [3.05, 3.63) is 23.8 Å². The van der Waals surface area contributed by atoms with Gasteiger partial charge < -0.3 is 11.1 Å². The van der Waals surface area contributed by atoms with Crippen LogP contribution in [0.15, 0.2) is 18.2 Å². The van der Waals surface area contributed by atoms with Crippen molar-refractivity contribution in [1.29, 1.82) is 0 Å². The van der Waals surface area contributed by atoms with Gasteiger partial charge in [-0.1, -0.05) is 6.92 Å². The molecule has 0 fully saturated rings. The number of nitrogens with one attached hydrogen (secondary N) is 1. The van der Waals surface area contributed by atoms with E-state index in [9.17, 15) is 8.42 Å². The molecule has 1 aromatic carbocycles. The van der Waals surface area contributed by atoms with Gasteiger partial charge in [-0.3, -0.25) is 0 Å². The number of hydrogen-bond acceptors (Lipinski definition) is 4. The summed E-state index contributed by atoms with van der Waals surface area (Å²) < 4.78 is 22.5. The average molecular weight is 242 g/mol. The van der Waals surface area contributed by atoms with Crippen LogP contribution in [0.25, 0.3) is 0 Å². The molecule has 4 nitrogen and oxygen atoms in total. The molecule has 1 aromatic rings. The lowest BCUT2D eigenvalue weighted by molar-refractivity contribution is 0.597. The van der Waals surface area contributed by atoms with Crippen molar-refractivity contribution in [2.45, 2.75) is 13.8 Å². The maximum absolute atomic E-state index is 11.3. The molecule has 0 atom stereocenters. The summed E-state index contributed by atoms with van der Waals surface area (Å²) in [5, 5.41) is 3.10. The number of benzene rings is 1. The fourth-order valence-corrected chi connectivity index (χ4v) is 2.07. The van der Waals surface area contributed by atoms with Gasteiger partial charge in [0.25, 0.3) is 0 Å². The number of rotatable bonds is 5. The predicted molar refractivity (Wildman–Crippen MR) is 68.4 cm³/mol. The average Bonchev–Trinajstić information content (AvgIpc) is 2.21. The minimum atomic E-state index is -2.90. The van der Waals surface area contributed by atoms with E-state index < -0.39 is 9.84 Å². The van der Waals surface area contributed by atoms with Crippen LogP contribution in [0, 0.1) is 6.92 Å². The van der Waals surface area contributed by atoms with Gasteiger partial charge in [-0.15, -0.1) is 0 Å². The highest BCUT2D eigenvalue weighted by atomic mass is 32.2. The van der Waals surface area contributed by atoms with E-state index in [2.05, 4.69) is 5.32 Å². The predicted octanol–water partition coefficient (Wildman–Crippen LogP) is 1.42. The summed E-state index contributed by atoms with van der Waals surface area (Å²) in [7, 11) is -2.90. The second kappa shape index (κ2) is 5.21. The molecule has 0 aliphatic heterocycles. The summed E-state index contributed by atoms with van der Waals surface area (Å²) in [6.45, 7) is 4.03. The highest BCUT2D eigenvalue weighted by molar-refractivity contribution is 7.91. The SMILES string of the molecule is CCS(=O)(=O)CCNc1ccc(N)cc1C. The van der Waals surface area contributed by atoms with Crippen molar-refractivity contribution < 1.29 is 8.42 Å². The van der Waals surface area contributed by atoms with Crippen LogP contribution < -0.4 is 11.1 Å². The third-order valence-electron chi connectivity index (χ3n) is 2.42. The third-order valence-corrected chi connectivity index (χ3v) is 4.12. The lowest BCUT2D eigenvalue weighted by Gasteiger charge is -2.09. The first-order valence-corrected chi connectivity index (χ1v) is 7.07. The van der Waals surface area contributed by atoms with Gasteiger partial charge in [-0.25, -0.2) is 8.42 Å². The molecular formula is C11H18N2O2S. The number of aryl methyl sites for hydroxylation is 1. The highest BCUT2D eigenvalue weighted by Gasteiger charge is 2.06. The zero-order chi connectivity index (χ0) is 12.2. The Balaban J connectivity index is 2.56. The molecule has 0 saturated carbocycles. The highest BCUT2D eigenvalue weighted by Crippen LogP contribution is 2.17. The van der Waals surface area contributed by atoms with Gasteiger partial charge in [0.1, 0.15) is 0 Å². The van der Waals surface area contributed by atoms with E-state index in [0.29, 0.717) is 12.2 Å². The van der Waals surface area contributed by atoms with Crippen molar-refractivity contribution >= 4 is 21.2 Å². The second-order valence-electron chi connectivity index (χ2n) is 3.74. The topological polar surface area (TPSA) is 72.2 Å². The van der Waals surface area contributed by atoms with E-state index in [1.165, 1.54) is 0 Å². The molecular weight excluding hydrogens is 224 g/mol. The zero-order valence-corrected chi connectivity index (χ0v) is 10.5. The largest absolute Gasteiger partial charge is 0.399 e. The maximum Gasteiger partial charge on any atom is 0.151 e. The van der Waals surface area contributed by atoms with Crippen molar-refractivity contribution in [3.63, 3.8) is 0 Å². The summed E-state index contributed by atoms with van der Waals surface area (Å²) in [5.74, 6) is 0.350. The monoisotopic (exact) mass is 242 g/mol. The molecule has 0 aliphatic carbocycles. The lowest BCUT2D eigenvalue weighted by Crippen LogP contribution is -2.17. The van der Waals surface area contributed by atoms with Crippen molar-refractivity contribution in [2.75, 3.05) is 29.1 Å². The van der Waals surface area contributed by atoms with Crippen LogP contribution in [0.2, 0.25) is 0 Å². The number of sulfone groups is 1. The molecule has 0 aliphatic rings. The van der Waals surface area contributed by atoms with Gasteiger partial charge >= 0.3 is 0 Å². The summed E-state index contributed by atoms with van der Waals surface area (Å²) in [5.41, 5.74) is 8.29. The van der Waals surface area contributed by atoms with E-state index >= 15 is 0 Å². The van der Waals surface area contributed by atoms with E-state index in [1.807, 2.05) is 19.1 Å². The van der Waals surface area contributed by atoms with Crippen molar-refractivity contribution in [2.24, 2.45) is 0 Å². The fourth-order valence-electron chi connectivity index (χ4n) is 1.37. The molecule has 3 N–H and O–H groups in total. The Labute approximate surface area is 96.8 Å². The summed E-state index contributed by atoms with van der Waals surface area (Å²) in [6, 6.07) is 5.52. The van der Waals surface area contributed by atoms with Crippen molar-refractivity contribution in [1.82, 2.24) is 0 Å². The second-order valence-corrected chi connectivity index (χ2v) is 6.21. The summed E-state index contributed by atoms with van der Waals surface area (Å²) in [4.78, 5) is 0. The number of hydrogen-bond donors (Lipinski definition) is 2. The molecule has 90 valence electrons. The Bertz CT molecular complexity index is 455. The third kappa shape index (κ3) is 3.73. The molecule has 1 rings (SSSR count). The minimum absolute atomic E-state index is 0.160. The summed E-state index contributed by atoms with van der Waals surface area (Å²) in [6.07, 6.45) is 0. The first-order chi connectivity index (χ1) is 7.44. The normalized spacial score (nSPS) is 11.4. The first-order valence-electron chi connectivity index (χ1n) is 5.25. The molecule has 0 radical (unpaired) electrons. The fraction of sp³-hybridized carbons (Fsp3) is 0.455. The van der Waals surface area contributed by atoms with E-state index in [-0.39, 0.29) is 11.5 Å². The zero-order valence-electron chi connectivity index (χ0n) is 9.66. The summed E-state index contributed by atoms with van der Waals surface area (Å²) >= 11 is 0. The van der Waals surface area contributed by atoms with E-state index in [1.54, 1.807) is 13.0 Å². The van der Waals surface area contributed by atoms with Crippen LogP contribution in [0.3, 0.4) is 0 Å². The molecule has 0 unspecified atom stereocenters. The number of nitrogens with two attached hydrogens (primary N) is 1. The van der Waals surface area contributed by atoms with Gasteiger partial charge in [-0.05, 0) is 30.7 Å². The van der Waals surface area contributed by atoms with Crippen LogP contribution in [0.1, 0.15) is 12.5 Å². The molecule has 0 aromatic heterocycles. The van der Waals surface area contributed by atoms with Crippen molar-refractivity contribution in [3.8, 4) is 0 Å². The number of nitrogen functional groups attached to an aromatic ring is 1. The number of anilines is 2. The Hall–Kier alpha value is -1.23. The Morgan fingerprint density at radius 1 is 1.38 bits per heavy atom. The van der Waals surface area contributed by atoms with Crippen LogP contribution in [-0.2, 0) is 9.84 Å². The van der Waals surface area contributed by atoms with Crippen LogP contribution in [0.5, 0.6) is 0 Å². The van der Waals surface area contributed by atoms with Gasteiger partial charge in [0.2, 0.25) is 0 Å². The maximum atomic E-state index is 11.3. The minimum Gasteiger partial charge on any atom is -0.399 e. The van der Waals surface area contributed by atoms with Gasteiger partial charge in [-0.2, -0.15) is 0 Å². The van der Waals surface area contributed by atoms with Crippen LogP contribution >= 0.6 is 0 Å². The molecule has 0 amide bonds.